The van der Waals surface area contributed by atoms with Gasteiger partial charge in [-0.05, 0) is 44.2 Å². The number of carbonyl (C=O) groups excluding carboxylic acids is 2. The van der Waals surface area contributed by atoms with Crippen molar-refractivity contribution < 1.29 is 48.9 Å². The zero-order chi connectivity index (χ0) is 32.5. The highest BCUT2D eigenvalue weighted by Crippen LogP contribution is 2.44. The molecule has 2 amide bonds. The summed E-state index contributed by atoms with van der Waals surface area (Å²) in [5.74, 6) is -7.03. The monoisotopic (exact) mass is 659 g/mol. The van der Waals surface area contributed by atoms with E-state index in [-0.39, 0.29) is 49.7 Å². The van der Waals surface area contributed by atoms with E-state index in [0.29, 0.717) is 0 Å². The quantitative estimate of drug-likeness (QED) is 0.287. The highest BCUT2D eigenvalue weighted by atomic mass is 35.5. The molecule has 2 atom stereocenters. The van der Waals surface area contributed by atoms with Gasteiger partial charge in [0.1, 0.15) is 11.4 Å². The number of halogens is 9. The first-order valence-electron chi connectivity index (χ1n) is 12.0. The number of aryl methyl sites for hydroxylation is 1. The third kappa shape index (κ3) is 7.87. The maximum absolute atomic E-state index is 13.7. The Kier molecular flexibility index (Phi) is 9.90. The van der Waals surface area contributed by atoms with Crippen molar-refractivity contribution in [1.82, 2.24) is 20.1 Å². The smallest absolute Gasteiger partial charge is 0.349 e. The minimum Gasteiger partial charge on any atom is -0.349 e. The normalized spacial score (nSPS) is 13.9. The first-order valence-corrected chi connectivity index (χ1v) is 14.1. The molecule has 2 heterocycles. The fourth-order valence-corrected chi connectivity index (χ4v) is 4.92. The van der Waals surface area contributed by atoms with Crippen molar-refractivity contribution in [3.05, 3.63) is 75.3 Å². The van der Waals surface area contributed by atoms with Crippen LogP contribution in [0.1, 0.15) is 50.4 Å². The Labute approximate surface area is 246 Å². The Hall–Kier alpha value is -3.60. The Morgan fingerprint density at radius 2 is 1.70 bits per heavy atom. The van der Waals surface area contributed by atoms with Crippen LogP contribution in [-0.4, -0.2) is 55.0 Å². The van der Waals surface area contributed by atoms with E-state index in [9.17, 15) is 48.9 Å². The average molecular weight is 660 g/mol. The number of nitrogens with zero attached hydrogens (tertiary/aromatic N) is 3. The molecule has 0 aliphatic heterocycles. The Morgan fingerprint density at radius 1 is 1.05 bits per heavy atom. The molecular weight excluding hydrogens is 638 g/mol. The van der Waals surface area contributed by atoms with Crippen LogP contribution >= 0.6 is 11.6 Å². The van der Waals surface area contributed by atoms with Crippen LogP contribution in [0.15, 0.2) is 36.4 Å². The van der Waals surface area contributed by atoms with Gasteiger partial charge in [-0.1, -0.05) is 17.7 Å². The molecule has 234 valence electrons. The third-order valence-electron chi connectivity index (χ3n) is 5.80. The fraction of sp³-hybridized carbons (Fsp3) is 0.360. The molecule has 3 rings (SSSR count). The largest absolute Gasteiger partial charge is 0.459 e. The second kappa shape index (κ2) is 12.6. The molecule has 1 aromatic carbocycles. The molecule has 0 saturated carbocycles. The van der Waals surface area contributed by atoms with Crippen molar-refractivity contribution in [2.75, 3.05) is 17.3 Å². The molecule has 8 nitrogen and oxygen atoms in total. The van der Waals surface area contributed by atoms with Gasteiger partial charge in [0.05, 0.1) is 39.8 Å². The molecule has 0 radical (unpaired) electrons. The van der Waals surface area contributed by atoms with E-state index in [2.05, 4.69) is 20.7 Å². The SMILES string of the molecule is Cc1nc(Cn2nc(C(F)(F)C(F)(F)F)cc2C(F)(F)F)ccc1NC(=O)c1cccc(Cl)c1C(=O)N[C@@H](C)CS(C)=O. The number of nitrogens with one attached hydrogen (secondary N) is 2. The predicted octanol–water partition coefficient (Wildman–Crippen LogP) is 5.71. The van der Waals surface area contributed by atoms with Crippen LogP contribution in [0.25, 0.3) is 0 Å². The minimum atomic E-state index is -6.18. The highest BCUT2D eigenvalue weighted by Gasteiger charge is 2.61. The summed E-state index contributed by atoms with van der Waals surface area (Å²) in [5, 5.41) is 7.89. The van der Waals surface area contributed by atoms with Gasteiger partial charge in [0, 0.05) is 28.9 Å². The van der Waals surface area contributed by atoms with Crippen molar-refractivity contribution in [2.45, 2.75) is 44.7 Å². The van der Waals surface area contributed by atoms with Crippen molar-refractivity contribution >= 4 is 39.9 Å². The molecule has 43 heavy (non-hydrogen) atoms. The lowest BCUT2D eigenvalue weighted by Crippen LogP contribution is -2.37. The zero-order valence-corrected chi connectivity index (χ0v) is 23.9. The molecule has 0 aliphatic carbocycles. The summed E-state index contributed by atoms with van der Waals surface area (Å²) in [6.45, 7) is 2.02. The van der Waals surface area contributed by atoms with E-state index in [4.69, 9.17) is 11.6 Å². The summed E-state index contributed by atoms with van der Waals surface area (Å²) in [6.07, 6.45) is -10.0. The molecule has 2 aromatic heterocycles. The van der Waals surface area contributed by atoms with Crippen LogP contribution < -0.4 is 10.6 Å². The standard InChI is InChI=1S/C25H22ClF8N5O3S/c1-12(11-43(3)42)35-22(41)20-15(5-4-6-16(20)26)21(40)37-17-8-7-14(36-13(17)2)10-39-19(24(29,30)31)9-18(38-39)23(27,28)25(32,33)34/h4-9,12H,10-11H2,1-3H3,(H,35,41)(H,37,40)/t12-,43?/m0/s1. The van der Waals surface area contributed by atoms with Gasteiger partial charge < -0.3 is 10.6 Å². The summed E-state index contributed by atoms with van der Waals surface area (Å²) in [4.78, 5) is 30.0. The Bertz CT molecular complexity index is 1560. The number of anilines is 1. The molecule has 0 aliphatic rings. The predicted molar refractivity (Wildman–Crippen MR) is 141 cm³/mol. The van der Waals surface area contributed by atoms with E-state index in [1.54, 1.807) is 6.92 Å². The van der Waals surface area contributed by atoms with Gasteiger partial charge in [-0.2, -0.15) is 40.2 Å². The second-order valence-electron chi connectivity index (χ2n) is 9.31. The van der Waals surface area contributed by atoms with Crippen molar-refractivity contribution in [2.24, 2.45) is 0 Å². The molecular formula is C25H22ClF8N5O3S. The molecule has 0 spiro atoms. The number of hydrogen-bond donors (Lipinski definition) is 2. The Morgan fingerprint density at radius 3 is 2.26 bits per heavy atom. The van der Waals surface area contributed by atoms with Crippen molar-refractivity contribution in [3.63, 3.8) is 0 Å². The lowest BCUT2D eigenvalue weighted by atomic mass is 10.1. The first kappa shape index (κ1) is 33.9. The van der Waals surface area contributed by atoms with Gasteiger partial charge in [-0.3, -0.25) is 23.5 Å². The number of hydrogen-bond acceptors (Lipinski definition) is 5. The summed E-state index contributed by atoms with van der Waals surface area (Å²) >= 11 is 6.18. The number of amides is 2. The average Bonchev–Trinajstić information content (AvgIpc) is 3.29. The number of pyridine rings is 1. The number of aromatic nitrogens is 3. The van der Waals surface area contributed by atoms with Crippen LogP contribution in [0.2, 0.25) is 5.02 Å². The van der Waals surface area contributed by atoms with E-state index in [1.165, 1.54) is 37.4 Å². The highest BCUT2D eigenvalue weighted by molar-refractivity contribution is 7.84. The Balaban J connectivity index is 1.87. The second-order valence-corrected chi connectivity index (χ2v) is 11.2. The number of benzene rings is 1. The zero-order valence-electron chi connectivity index (χ0n) is 22.3. The van der Waals surface area contributed by atoms with Gasteiger partial charge in [-0.25, -0.2) is 0 Å². The third-order valence-corrected chi connectivity index (χ3v) is 7.08. The summed E-state index contributed by atoms with van der Waals surface area (Å²) < 4.78 is 117. The summed E-state index contributed by atoms with van der Waals surface area (Å²) in [5.41, 5.74) is -4.46. The number of carbonyl (C=O) groups is 2. The molecule has 0 fully saturated rings. The molecule has 1 unspecified atom stereocenters. The van der Waals surface area contributed by atoms with Crippen LogP contribution in [0.3, 0.4) is 0 Å². The van der Waals surface area contributed by atoms with Gasteiger partial charge >= 0.3 is 18.3 Å². The van der Waals surface area contributed by atoms with E-state index in [1.807, 2.05) is 0 Å². The van der Waals surface area contributed by atoms with E-state index in [0.717, 1.165) is 6.07 Å². The minimum absolute atomic E-state index is 0.0273. The van der Waals surface area contributed by atoms with Crippen LogP contribution in [0.4, 0.5) is 40.8 Å². The van der Waals surface area contributed by atoms with Gasteiger partial charge in [0.15, 0.2) is 0 Å². The molecule has 0 bridgehead atoms. The lowest BCUT2D eigenvalue weighted by molar-refractivity contribution is -0.291. The number of rotatable bonds is 9. The van der Waals surface area contributed by atoms with E-state index >= 15 is 0 Å². The fourth-order valence-electron chi connectivity index (χ4n) is 3.87. The molecule has 0 saturated heterocycles. The van der Waals surface area contributed by atoms with Crippen LogP contribution in [0, 0.1) is 6.92 Å². The summed E-state index contributed by atoms with van der Waals surface area (Å²) in [6, 6.07) is 5.50. The molecule has 2 N–H and O–H groups in total. The van der Waals surface area contributed by atoms with Crippen molar-refractivity contribution in [1.29, 1.82) is 0 Å². The maximum atomic E-state index is 13.7. The number of alkyl halides is 8. The lowest BCUT2D eigenvalue weighted by Gasteiger charge is -2.17. The van der Waals surface area contributed by atoms with Crippen LogP contribution in [0.5, 0.6) is 0 Å². The van der Waals surface area contributed by atoms with Crippen LogP contribution in [-0.2, 0) is 29.4 Å². The van der Waals surface area contributed by atoms with Gasteiger partial charge in [-0.15, -0.1) is 0 Å². The van der Waals surface area contributed by atoms with Gasteiger partial charge in [0.25, 0.3) is 11.8 Å². The molecule has 18 heteroatoms. The molecule has 3 aromatic rings. The summed E-state index contributed by atoms with van der Waals surface area (Å²) in [7, 11) is -1.22. The topological polar surface area (TPSA) is 106 Å². The maximum Gasteiger partial charge on any atom is 0.459 e. The first-order chi connectivity index (χ1) is 19.7. The van der Waals surface area contributed by atoms with Gasteiger partial charge in [0.2, 0.25) is 0 Å². The van der Waals surface area contributed by atoms with E-state index < -0.39 is 64.9 Å². The van der Waals surface area contributed by atoms with Crippen molar-refractivity contribution in [3.8, 4) is 0 Å².